The number of Topliss-reactive ketones (excluding diaryl/α,β-unsaturated/α-hetero) is 1. The van der Waals surface area contributed by atoms with Crippen molar-refractivity contribution in [1.82, 2.24) is 25.1 Å². The summed E-state index contributed by atoms with van der Waals surface area (Å²) in [5.74, 6) is 1.01. The summed E-state index contributed by atoms with van der Waals surface area (Å²) in [4.78, 5) is 18.3. The Morgan fingerprint density at radius 1 is 1.03 bits per heavy atom. The maximum absolute atomic E-state index is 14.1. The number of ketones is 1. The Hall–Kier alpha value is -3.84. The number of nitrogens with zero attached hydrogens (tertiary/aromatic N) is 3. The third kappa shape index (κ3) is 3.54. The normalized spacial score (nSPS) is 19.9. The molecular weight excluding hydrogens is 453 g/mol. The minimum atomic E-state index is -0.447. The van der Waals surface area contributed by atoms with Gasteiger partial charge in [0.1, 0.15) is 17.4 Å². The van der Waals surface area contributed by atoms with Gasteiger partial charge in [-0.25, -0.2) is 9.37 Å². The number of rotatable bonds is 6. The molecule has 1 saturated heterocycles. The van der Waals surface area contributed by atoms with Crippen LogP contribution in [0.3, 0.4) is 0 Å². The molecule has 2 aliphatic rings. The summed E-state index contributed by atoms with van der Waals surface area (Å²) in [7, 11) is 0. The zero-order chi connectivity index (χ0) is 24.3. The van der Waals surface area contributed by atoms with Crippen LogP contribution in [-0.4, -0.2) is 38.6 Å². The number of imidazole rings is 1. The molecule has 3 aromatic carbocycles. The van der Waals surface area contributed by atoms with Crippen LogP contribution in [0.4, 0.5) is 4.39 Å². The van der Waals surface area contributed by atoms with Crippen molar-refractivity contribution >= 4 is 27.7 Å². The van der Waals surface area contributed by atoms with Crippen LogP contribution in [-0.2, 0) is 11.3 Å². The number of halogens is 1. The van der Waals surface area contributed by atoms with Gasteiger partial charge >= 0.3 is 0 Å². The first kappa shape index (κ1) is 21.4. The predicted molar refractivity (Wildman–Crippen MR) is 138 cm³/mol. The van der Waals surface area contributed by atoms with E-state index in [0.29, 0.717) is 24.4 Å². The van der Waals surface area contributed by atoms with Crippen LogP contribution < -0.4 is 5.32 Å². The van der Waals surface area contributed by atoms with Crippen molar-refractivity contribution in [2.45, 2.75) is 25.8 Å². The van der Waals surface area contributed by atoms with Crippen LogP contribution in [0.1, 0.15) is 19.3 Å². The number of hydrogen-bond acceptors (Lipinski definition) is 4. The van der Waals surface area contributed by atoms with E-state index in [1.165, 1.54) is 12.1 Å². The number of aromatic amines is 1. The van der Waals surface area contributed by atoms with E-state index >= 15 is 0 Å². The number of carbonyl (C=O) groups is 1. The van der Waals surface area contributed by atoms with Crippen LogP contribution >= 0.6 is 0 Å². The van der Waals surface area contributed by atoms with Crippen molar-refractivity contribution in [3.8, 4) is 22.5 Å². The largest absolute Gasteiger partial charge is 0.323 e. The fraction of sp³-hybridized carbons (Fsp3) is 0.276. The molecule has 7 rings (SSSR count). The molecule has 1 aliphatic carbocycles. The first-order valence-corrected chi connectivity index (χ1v) is 12.5. The molecule has 1 saturated carbocycles. The molecule has 0 bridgehead atoms. The van der Waals surface area contributed by atoms with Gasteiger partial charge in [-0.2, -0.15) is 5.10 Å². The predicted octanol–water partition coefficient (Wildman–Crippen LogP) is 5.34. The van der Waals surface area contributed by atoms with E-state index in [1.807, 2.05) is 12.3 Å². The average molecular weight is 480 g/mol. The standard InChI is InChI=1S/C29H26FN5O/c30-23-8-10-26-25(14-23)33-28(35(26)17-29(11-12-31-16-29)27(36)19-3-4-19)20-5-1-18(2-6-20)21-7-9-24-22(13-21)15-32-34-24/h1-2,5-10,13-15,19,31H,3-4,11-12,16-17H2,(H,32,34)/t29-/m0/s1. The summed E-state index contributed by atoms with van der Waals surface area (Å²) in [6.07, 6.45) is 4.63. The summed E-state index contributed by atoms with van der Waals surface area (Å²) in [6.45, 7) is 2.06. The Morgan fingerprint density at radius 3 is 2.61 bits per heavy atom. The van der Waals surface area contributed by atoms with Crippen LogP contribution in [0.5, 0.6) is 0 Å². The first-order valence-electron chi connectivity index (χ1n) is 12.5. The van der Waals surface area contributed by atoms with Crippen molar-refractivity contribution in [2.75, 3.05) is 13.1 Å². The zero-order valence-corrected chi connectivity index (χ0v) is 19.8. The Kier molecular flexibility index (Phi) is 4.82. The van der Waals surface area contributed by atoms with Crippen molar-refractivity contribution in [3.05, 3.63) is 72.7 Å². The highest BCUT2D eigenvalue weighted by molar-refractivity contribution is 5.90. The fourth-order valence-corrected chi connectivity index (χ4v) is 5.67. The SMILES string of the molecule is O=C(C1CC1)[C@@]1(Cn2c(-c3ccc(-c4ccc5[nH]ncc5c4)cc3)nc3cc(F)ccc32)CCNC1. The van der Waals surface area contributed by atoms with Gasteiger partial charge < -0.3 is 9.88 Å². The Morgan fingerprint density at radius 2 is 1.83 bits per heavy atom. The molecule has 0 unspecified atom stereocenters. The second-order valence-corrected chi connectivity index (χ2v) is 10.2. The van der Waals surface area contributed by atoms with E-state index in [2.05, 4.69) is 56.5 Å². The van der Waals surface area contributed by atoms with Crippen LogP contribution in [0.25, 0.3) is 44.5 Å². The smallest absolute Gasteiger partial charge is 0.145 e. The molecule has 6 nitrogen and oxygen atoms in total. The van der Waals surface area contributed by atoms with Crippen molar-refractivity contribution in [3.63, 3.8) is 0 Å². The Bertz CT molecular complexity index is 1610. The number of aromatic nitrogens is 4. The van der Waals surface area contributed by atoms with Crippen LogP contribution in [0, 0.1) is 17.2 Å². The van der Waals surface area contributed by atoms with E-state index < -0.39 is 5.41 Å². The summed E-state index contributed by atoms with van der Waals surface area (Å²) < 4.78 is 16.2. The average Bonchev–Trinajstić information content (AvgIpc) is 3.29. The number of nitrogens with one attached hydrogen (secondary N) is 2. The first-order chi connectivity index (χ1) is 17.6. The lowest BCUT2D eigenvalue weighted by Gasteiger charge is -2.28. The summed E-state index contributed by atoms with van der Waals surface area (Å²) >= 11 is 0. The molecule has 1 atom stereocenters. The maximum Gasteiger partial charge on any atom is 0.145 e. The number of H-pyrrole nitrogens is 1. The van der Waals surface area contributed by atoms with Gasteiger partial charge in [0.15, 0.2) is 0 Å². The lowest BCUT2D eigenvalue weighted by molar-refractivity contribution is -0.129. The summed E-state index contributed by atoms with van der Waals surface area (Å²) in [6, 6.07) is 19.3. The second-order valence-electron chi connectivity index (χ2n) is 10.2. The van der Waals surface area contributed by atoms with Crippen molar-refractivity contribution < 1.29 is 9.18 Å². The van der Waals surface area contributed by atoms with Crippen molar-refractivity contribution in [2.24, 2.45) is 11.3 Å². The van der Waals surface area contributed by atoms with E-state index in [0.717, 1.165) is 64.7 Å². The highest BCUT2D eigenvalue weighted by Crippen LogP contribution is 2.42. The van der Waals surface area contributed by atoms with Gasteiger partial charge in [0, 0.05) is 36.0 Å². The fourth-order valence-electron chi connectivity index (χ4n) is 5.67. The molecule has 5 aromatic rings. The number of hydrogen-bond donors (Lipinski definition) is 2. The molecular formula is C29H26FN5O. The highest BCUT2D eigenvalue weighted by atomic mass is 19.1. The molecule has 0 amide bonds. The van der Waals surface area contributed by atoms with Gasteiger partial charge in [0.2, 0.25) is 0 Å². The number of carbonyl (C=O) groups excluding carboxylic acids is 1. The van der Waals surface area contributed by atoms with Gasteiger partial charge in [-0.15, -0.1) is 0 Å². The highest BCUT2D eigenvalue weighted by Gasteiger charge is 2.48. The van der Waals surface area contributed by atoms with Gasteiger partial charge in [-0.1, -0.05) is 30.3 Å². The third-order valence-corrected chi connectivity index (χ3v) is 7.80. The topological polar surface area (TPSA) is 75.6 Å². The Labute approximate surface area is 207 Å². The molecule has 2 N–H and O–H groups in total. The molecule has 1 aliphatic heterocycles. The molecule has 0 radical (unpaired) electrons. The molecule has 7 heteroatoms. The monoisotopic (exact) mass is 479 g/mol. The van der Waals surface area contributed by atoms with Gasteiger partial charge in [-0.3, -0.25) is 9.89 Å². The minimum absolute atomic E-state index is 0.187. The maximum atomic E-state index is 14.1. The van der Waals surface area contributed by atoms with E-state index in [4.69, 9.17) is 4.98 Å². The zero-order valence-electron chi connectivity index (χ0n) is 19.8. The van der Waals surface area contributed by atoms with E-state index in [1.54, 1.807) is 6.07 Å². The van der Waals surface area contributed by atoms with Gasteiger partial charge in [0.05, 0.1) is 28.2 Å². The van der Waals surface area contributed by atoms with E-state index in [9.17, 15) is 9.18 Å². The minimum Gasteiger partial charge on any atom is -0.323 e. The van der Waals surface area contributed by atoms with Crippen LogP contribution in [0.2, 0.25) is 0 Å². The summed E-state index contributed by atoms with van der Waals surface area (Å²) in [5.41, 5.74) is 5.17. The number of fused-ring (bicyclic) bond motifs is 2. The lowest BCUT2D eigenvalue weighted by atomic mass is 9.80. The second kappa shape index (κ2) is 8.10. The molecule has 36 heavy (non-hydrogen) atoms. The Balaban J connectivity index is 1.30. The molecule has 0 spiro atoms. The third-order valence-electron chi connectivity index (χ3n) is 7.80. The molecule has 3 heterocycles. The van der Waals surface area contributed by atoms with Gasteiger partial charge in [-0.05, 0) is 61.2 Å². The lowest BCUT2D eigenvalue weighted by Crippen LogP contribution is -2.39. The van der Waals surface area contributed by atoms with E-state index in [-0.39, 0.29) is 11.7 Å². The molecule has 2 fully saturated rings. The van der Waals surface area contributed by atoms with Crippen LogP contribution in [0.15, 0.2) is 66.9 Å². The van der Waals surface area contributed by atoms with Crippen molar-refractivity contribution in [1.29, 1.82) is 0 Å². The van der Waals surface area contributed by atoms with Gasteiger partial charge in [0.25, 0.3) is 0 Å². The quantitative estimate of drug-likeness (QED) is 0.345. The summed E-state index contributed by atoms with van der Waals surface area (Å²) in [5, 5.41) is 11.6. The number of benzene rings is 3. The molecule has 180 valence electrons. The molecule has 2 aromatic heterocycles.